The predicted molar refractivity (Wildman–Crippen MR) is 91.0 cm³/mol. The maximum atomic E-state index is 6.09. The zero-order chi connectivity index (χ0) is 15.6. The van der Waals surface area contributed by atoms with Gasteiger partial charge >= 0.3 is 0 Å². The minimum Gasteiger partial charge on any atom is -0.493 e. The molecule has 3 heterocycles. The molecule has 0 spiro atoms. The first kappa shape index (κ1) is 14.5. The van der Waals surface area contributed by atoms with Crippen molar-refractivity contribution < 1.29 is 4.74 Å². The van der Waals surface area contributed by atoms with Gasteiger partial charge in [0.1, 0.15) is 5.75 Å². The largest absolute Gasteiger partial charge is 0.493 e. The van der Waals surface area contributed by atoms with Gasteiger partial charge in [-0.15, -0.1) is 0 Å². The van der Waals surface area contributed by atoms with Crippen molar-refractivity contribution in [2.45, 2.75) is 25.4 Å². The Hall–Kier alpha value is -2.04. The Kier molecular flexibility index (Phi) is 3.93. The number of hydrogen-bond acceptors (Lipinski definition) is 3. The lowest BCUT2D eigenvalue weighted by atomic mass is 10.0. The third-order valence-electron chi connectivity index (χ3n) is 4.29. The highest BCUT2D eigenvalue weighted by atomic mass is 35.5. The molecule has 23 heavy (non-hydrogen) atoms. The van der Waals surface area contributed by atoms with E-state index in [2.05, 4.69) is 22.5 Å². The van der Waals surface area contributed by atoms with Crippen molar-refractivity contribution in [2.75, 3.05) is 6.61 Å². The Balaban J connectivity index is 1.57. The molecule has 0 bridgehead atoms. The molecule has 5 heteroatoms. The summed E-state index contributed by atoms with van der Waals surface area (Å²) in [6.45, 7) is 1.52. The fourth-order valence-electron chi connectivity index (χ4n) is 3.12. The molecule has 0 saturated carbocycles. The number of rotatable bonds is 3. The summed E-state index contributed by atoms with van der Waals surface area (Å²) in [5.74, 6) is 0.896. The van der Waals surface area contributed by atoms with Gasteiger partial charge in [0.25, 0.3) is 0 Å². The second kappa shape index (κ2) is 6.22. The molecule has 0 radical (unpaired) electrons. The number of aromatic nitrogens is 2. The van der Waals surface area contributed by atoms with Crippen LogP contribution in [-0.4, -0.2) is 16.2 Å². The van der Waals surface area contributed by atoms with Gasteiger partial charge in [-0.05, 0) is 37.1 Å². The van der Waals surface area contributed by atoms with E-state index in [1.165, 1.54) is 11.1 Å². The third kappa shape index (κ3) is 2.92. The van der Waals surface area contributed by atoms with Crippen LogP contribution < -0.4 is 10.1 Å². The molecule has 2 aromatic heterocycles. The first-order valence-corrected chi connectivity index (χ1v) is 8.26. The van der Waals surface area contributed by atoms with Gasteiger partial charge in [0.2, 0.25) is 0 Å². The first-order valence-electron chi connectivity index (χ1n) is 7.88. The van der Waals surface area contributed by atoms with Gasteiger partial charge in [-0.2, -0.15) is 5.10 Å². The maximum Gasteiger partial charge on any atom is 0.125 e. The summed E-state index contributed by atoms with van der Waals surface area (Å²) in [7, 11) is 0. The Morgan fingerprint density at radius 1 is 1.30 bits per heavy atom. The summed E-state index contributed by atoms with van der Waals surface area (Å²) in [6, 6.07) is 12.3. The van der Waals surface area contributed by atoms with Crippen LogP contribution in [0.4, 0.5) is 0 Å². The monoisotopic (exact) mass is 327 g/mol. The SMILES string of the molecule is Clc1ccc2c(c1)OCCCC2NCc1cnn2ccccc12. The Morgan fingerprint density at radius 2 is 2.26 bits per heavy atom. The number of ether oxygens (including phenoxy) is 1. The quantitative estimate of drug-likeness (QED) is 0.790. The third-order valence-corrected chi connectivity index (χ3v) is 4.53. The fraction of sp³-hybridized carbons (Fsp3) is 0.278. The zero-order valence-corrected chi connectivity index (χ0v) is 13.5. The molecule has 0 fully saturated rings. The second-order valence-electron chi connectivity index (χ2n) is 5.81. The van der Waals surface area contributed by atoms with Crippen LogP contribution in [0, 0.1) is 0 Å². The normalized spacial score (nSPS) is 17.5. The van der Waals surface area contributed by atoms with Gasteiger partial charge in [0.05, 0.1) is 18.3 Å². The van der Waals surface area contributed by atoms with Crippen molar-refractivity contribution in [3.05, 3.63) is 64.9 Å². The topological polar surface area (TPSA) is 38.6 Å². The van der Waals surface area contributed by atoms with E-state index >= 15 is 0 Å². The number of fused-ring (bicyclic) bond motifs is 2. The van der Waals surface area contributed by atoms with Gasteiger partial charge in [0.15, 0.2) is 0 Å². The number of benzene rings is 1. The molecule has 0 saturated heterocycles. The van der Waals surface area contributed by atoms with Gasteiger partial charge < -0.3 is 10.1 Å². The number of halogens is 1. The minimum absolute atomic E-state index is 0.267. The lowest BCUT2D eigenvalue weighted by Gasteiger charge is -2.18. The molecule has 1 unspecified atom stereocenters. The van der Waals surface area contributed by atoms with Crippen LogP contribution in [-0.2, 0) is 6.54 Å². The van der Waals surface area contributed by atoms with E-state index in [0.29, 0.717) is 5.02 Å². The summed E-state index contributed by atoms with van der Waals surface area (Å²) in [4.78, 5) is 0. The van der Waals surface area contributed by atoms with E-state index in [0.717, 1.165) is 37.3 Å². The zero-order valence-electron chi connectivity index (χ0n) is 12.7. The van der Waals surface area contributed by atoms with E-state index < -0.39 is 0 Å². The molecule has 118 valence electrons. The molecular weight excluding hydrogens is 310 g/mol. The van der Waals surface area contributed by atoms with Crippen LogP contribution in [0.3, 0.4) is 0 Å². The van der Waals surface area contributed by atoms with Crippen molar-refractivity contribution in [2.24, 2.45) is 0 Å². The van der Waals surface area contributed by atoms with Crippen LogP contribution in [0.1, 0.15) is 30.0 Å². The average molecular weight is 328 g/mol. The van der Waals surface area contributed by atoms with Gasteiger partial charge in [-0.3, -0.25) is 0 Å². The molecule has 0 amide bonds. The predicted octanol–water partition coefficient (Wildman–Crippen LogP) is 3.99. The Morgan fingerprint density at radius 3 is 3.22 bits per heavy atom. The molecule has 3 aromatic rings. The number of nitrogens with one attached hydrogen (secondary N) is 1. The summed E-state index contributed by atoms with van der Waals surface area (Å²) < 4.78 is 7.73. The second-order valence-corrected chi connectivity index (χ2v) is 6.24. The van der Waals surface area contributed by atoms with Gasteiger partial charge in [-0.25, -0.2) is 4.52 Å². The van der Waals surface area contributed by atoms with Crippen LogP contribution in [0.25, 0.3) is 5.52 Å². The molecule has 1 atom stereocenters. The van der Waals surface area contributed by atoms with Crippen molar-refractivity contribution in [1.29, 1.82) is 0 Å². The fourth-order valence-corrected chi connectivity index (χ4v) is 3.28. The summed E-state index contributed by atoms with van der Waals surface area (Å²) in [5, 5.41) is 8.76. The maximum absolute atomic E-state index is 6.09. The Bertz CT molecular complexity index is 830. The molecule has 1 aliphatic heterocycles. The lowest BCUT2D eigenvalue weighted by molar-refractivity contribution is 0.315. The van der Waals surface area contributed by atoms with Crippen molar-refractivity contribution in [1.82, 2.24) is 14.9 Å². The van der Waals surface area contributed by atoms with E-state index in [-0.39, 0.29) is 6.04 Å². The summed E-state index contributed by atoms with van der Waals surface area (Å²) in [6.07, 6.45) is 5.97. The van der Waals surface area contributed by atoms with Crippen molar-refractivity contribution in [3.63, 3.8) is 0 Å². The lowest BCUT2D eigenvalue weighted by Crippen LogP contribution is -2.20. The van der Waals surface area contributed by atoms with E-state index in [4.69, 9.17) is 16.3 Å². The minimum atomic E-state index is 0.267. The van der Waals surface area contributed by atoms with Crippen LogP contribution in [0.5, 0.6) is 5.75 Å². The molecule has 1 aromatic carbocycles. The molecule has 1 N–H and O–H groups in total. The summed E-state index contributed by atoms with van der Waals surface area (Å²) >= 11 is 6.09. The molecule has 4 rings (SSSR count). The van der Waals surface area contributed by atoms with Crippen molar-refractivity contribution >= 4 is 17.1 Å². The molecule has 0 aliphatic carbocycles. The average Bonchev–Trinajstić information content (AvgIpc) is 2.87. The van der Waals surface area contributed by atoms with Gasteiger partial charge in [0, 0.05) is 34.9 Å². The number of pyridine rings is 1. The van der Waals surface area contributed by atoms with E-state index in [1.54, 1.807) is 0 Å². The highest BCUT2D eigenvalue weighted by molar-refractivity contribution is 6.30. The standard InChI is InChI=1S/C18H18ClN3O/c19-14-6-7-15-16(4-3-9-23-18(15)10-14)20-11-13-12-21-22-8-2-1-5-17(13)22/h1-2,5-8,10,12,16,20H,3-4,9,11H2. The van der Waals surface area contributed by atoms with Gasteiger partial charge in [-0.1, -0.05) is 23.7 Å². The van der Waals surface area contributed by atoms with Crippen LogP contribution in [0.2, 0.25) is 5.02 Å². The Labute approximate surface area is 140 Å². The van der Waals surface area contributed by atoms with E-state index in [1.807, 2.05) is 41.2 Å². The molecule has 4 nitrogen and oxygen atoms in total. The first-order chi connectivity index (χ1) is 11.3. The smallest absolute Gasteiger partial charge is 0.125 e. The highest BCUT2D eigenvalue weighted by Gasteiger charge is 2.20. The van der Waals surface area contributed by atoms with Crippen LogP contribution >= 0.6 is 11.6 Å². The highest BCUT2D eigenvalue weighted by Crippen LogP contribution is 2.33. The molecule has 1 aliphatic rings. The van der Waals surface area contributed by atoms with E-state index in [9.17, 15) is 0 Å². The number of nitrogens with zero attached hydrogens (tertiary/aromatic N) is 2. The van der Waals surface area contributed by atoms with Crippen LogP contribution in [0.15, 0.2) is 48.8 Å². The summed E-state index contributed by atoms with van der Waals surface area (Å²) in [5.41, 5.74) is 3.52. The molecular formula is C18H18ClN3O. The number of hydrogen-bond donors (Lipinski definition) is 1. The van der Waals surface area contributed by atoms with Crippen molar-refractivity contribution in [3.8, 4) is 5.75 Å².